The fourth-order valence-corrected chi connectivity index (χ4v) is 2.77. The van der Waals surface area contributed by atoms with Gasteiger partial charge in [0.05, 0.1) is 0 Å². The highest BCUT2D eigenvalue weighted by atomic mass is 16.1. The molecule has 3 N–H and O–H groups in total. The number of carbonyl (C=O) groups excluding carboxylic acids is 1. The van der Waals surface area contributed by atoms with Gasteiger partial charge in [-0.1, -0.05) is 12.8 Å². The highest BCUT2D eigenvalue weighted by Gasteiger charge is 2.44. The Balaban J connectivity index is 2.12. The lowest BCUT2D eigenvalue weighted by Crippen LogP contribution is -2.60. The molecule has 2 rings (SSSR count). The molecule has 1 aliphatic heterocycles. The third kappa shape index (κ3) is 1.53. The van der Waals surface area contributed by atoms with E-state index in [-0.39, 0.29) is 11.4 Å². The van der Waals surface area contributed by atoms with Crippen molar-refractivity contribution in [1.82, 2.24) is 10.2 Å². The van der Waals surface area contributed by atoms with Crippen molar-refractivity contribution in [3.63, 3.8) is 0 Å². The van der Waals surface area contributed by atoms with Gasteiger partial charge in [0.25, 0.3) is 0 Å². The van der Waals surface area contributed by atoms with Crippen LogP contribution >= 0.6 is 0 Å². The molecule has 0 aromatic carbocycles. The van der Waals surface area contributed by atoms with Crippen molar-refractivity contribution >= 4 is 5.91 Å². The average Bonchev–Trinajstić information content (AvgIpc) is 2.69. The van der Waals surface area contributed by atoms with Crippen molar-refractivity contribution in [2.24, 2.45) is 5.73 Å². The molecule has 2 aliphatic rings. The number of carbonyl (C=O) groups is 1. The molecule has 1 saturated heterocycles. The number of nitrogens with two attached hydrogens (primary N) is 1. The molecule has 14 heavy (non-hydrogen) atoms. The quantitative estimate of drug-likeness (QED) is 0.638. The largest absolute Gasteiger partial charge is 0.368 e. The minimum Gasteiger partial charge on any atom is -0.368 e. The molecule has 1 aliphatic carbocycles. The summed E-state index contributed by atoms with van der Waals surface area (Å²) >= 11 is 0. The van der Waals surface area contributed by atoms with Crippen molar-refractivity contribution in [3.8, 4) is 0 Å². The topological polar surface area (TPSA) is 58.4 Å². The lowest BCUT2D eigenvalue weighted by molar-refractivity contribution is -0.130. The predicted molar refractivity (Wildman–Crippen MR) is 54.8 cm³/mol. The van der Waals surface area contributed by atoms with Crippen LogP contribution in [0.2, 0.25) is 0 Å². The summed E-state index contributed by atoms with van der Waals surface area (Å²) < 4.78 is 0. The summed E-state index contributed by atoms with van der Waals surface area (Å²) in [4.78, 5) is 13.9. The molecule has 1 saturated carbocycles. The van der Waals surface area contributed by atoms with Crippen LogP contribution in [0.1, 0.15) is 25.7 Å². The number of nitrogens with zero attached hydrogens (tertiary/aromatic N) is 1. The summed E-state index contributed by atoms with van der Waals surface area (Å²) in [7, 11) is 0. The number of hydrogen-bond acceptors (Lipinski definition) is 3. The zero-order valence-electron chi connectivity index (χ0n) is 8.59. The second-order valence-electron chi connectivity index (χ2n) is 4.34. The van der Waals surface area contributed by atoms with E-state index in [1.54, 1.807) is 0 Å². The Bertz CT molecular complexity index is 217. The fraction of sp³-hybridized carbons (Fsp3) is 0.900. The minimum atomic E-state index is -0.303. The Hall–Kier alpha value is -0.610. The van der Waals surface area contributed by atoms with Crippen LogP contribution < -0.4 is 11.1 Å². The molecule has 0 aromatic rings. The number of hydrogen-bond donors (Lipinski definition) is 2. The Kier molecular flexibility index (Phi) is 2.74. The molecule has 4 nitrogen and oxygen atoms in total. The first-order chi connectivity index (χ1) is 6.76. The maximum atomic E-state index is 11.6. The third-order valence-electron chi connectivity index (χ3n) is 3.61. The van der Waals surface area contributed by atoms with Gasteiger partial charge in [-0.25, -0.2) is 0 Å². The molecule has 0 atom stereocenters. The van der Waals surface area contributed by atoms with Gasteiger partial charge < -0.3 is 11.1 Å². The second-order valence-corrected chi connectivity index (χ2v) is 4.34. The van der Waals surface area contributed by atoms with E-state index in [9.17, 15) is 4.79 Å². The Labute approximate surface area is 84.8 Å². The standard InChI is InChI=1S/C10H19N3O/c11-9(14)10(3-1-2-4-10)13-7-5-12-6-8-13/h12H,1-8H2,(H2,11,14). The van der Waals surface area contributed by atoms with Crippen LogP contribution in [0.25, 0.3) is 0 Å². The van der Waals surface area contributed by atoms with E-state index in [0.717, 1.165) is 51.9 Å². The molecule has 0 spiro atoms. The van der Waals surface area contributed by atoms with Crippen molar-refractivity contribution in [2.45, 2.75) is 31.2 Å². The molecule has 0 unspecified atom stereocenters. The number of piperazine rings is 1. The van der Waals surface area contributed by atoms with Crippen LogP contribution in [-0.2, 0) is 4.79 Å². The van der Waals surface area contributed by atoms with Gasteiger partial charge in [0.2, 0.25) is 5.91 Å². The lowest BCUT2D eigenvalue weighted by Gasteiger charge is -2.41. The van der Waals surface area contributed by atoms with Crippen LogP contribution in [-0.4, -0.2) is 42.5 Å². The van der Waals surface area contributed by atoms with E-state index < -0.39 is 0 Å². The van der Waals surface area contributed by atoms with E-state index in [2.05, 4.69) is 10.2 Å². The molecule has 2 fully saturated rings. The number of primary amides is 1. The predicted octanol–water partition coefficient (Wildman–Crippen LogP) is -0.310. The fourth-order valence-electron chi connectivity index (χ4n) is 2.77. The molecular formula is C10H19N3O. The van der Waals surface area contributed by atoms with Crippen LogP contribution in [0.15, 0.2) is 0 Å². The monoisotopic (exact) mass is 197 g/mol. The van der Waals surface area contributed by atoms with Gasteiger partial charge in [0, 0.05) is 26.2 Å². The van der Waals surface area contributed by atoms with Crippen LogP contribution in [0.3, 0.4) is 0 Å². The Morgan fingerprint density at radius 3 is 2.29 bits per heavy atom. The lowest BCUT2D eigenvalue weighted by atomic mass is 9.93. The van der Waals surface area contributed by atoms with E-state index >= 15 is 0 Å². The third-order valence-corrected chi connectivity index (χ3v) is 3.61. The Morgan fingerprint density at radius 2 is 1.79 bits per heavy atom. The number of nitrogens with one attached hydrogen (secondary N) is 1. The zero-order chi connectivity index (χ0) is 10.0. The summed E-state index contributed by atoms with van der Waals surface area (Å²) in [6.07, 6.45) is 4.21. The summed E-state index contributed by atoms with van der Waals surface area (Å²) in [6, 6.07) is 0. The highest BCUT2D eigenvalue weighted by molar-refractivity contribution is 5.85. The molecule has 1 heterocycles. The summed E-state index contributed by atoms with van der Waals surface area (Å²) in [6.45, 7) is 3.88. The van der Waals surface area contributed by atoms with Crippen LogP contribution in [0.4, 0.5) is 0 Å². The molecule has 0 aromatic heterocycles. The second kappa shape index (κ2) is 3.87. The van der Waals surface area contributed by atoms with Crippen LogP contribution in [0.5, 0.6) is 0 Å². The summed E-state index contributed by atoms with van der Waals surface area (Å²) in [5.74, 6) is -0.114. The van der Waals surface area contributed by atoms with Gasteiger partial charge in [0.1, 0.15) is 5.54 Å². The molecule has 4 heteroatoms. The average molecular weight is 197 g/mol. The van der Waals surface area contributed by atoms with Gasteiger partial charge in [-0.3, -0.25) is 9.69 Å². The summed E-state index contributed by atoms with van der Waals surface area (Å²) in [5, 5.41) is 3.30. The first-order valence-corrected chi connectivity index (χ1v) is 5.51. The van der Waals surface area contributed by atoms with E-state index in [1.807, 2.05) is 0 Å². The molecule has 0 radical (unpaired) electrons. The summed E-state index contributed by atoms with van der Waals surface area (Å²) in [5.41, 5.74) is 5.26. The Morgan fingerprint density at radius 1 is 1.21 bits per heavy atom. The maximum Gasteiger partial charge on any atom is 0.237 e. The first kappa shape index (κ1) is 9.93. The smallest absolute Gasteiger partial charge is 0.237 e. The van der Waals surface area contributed by atoms with Crippen molar-refractivity contribution in [2.75, 3.05) is 26.2 Å². The zero-order valence-corrected chi connectivity index (χ0v) is 8.59. The van der Waals surface area contributed by atoms with Gasteiger partial charge in [-0.05, 0) is 12.8 Å². The normalized spacial score (nSPS) is 27.7. The van der Waals surface area contributed by atoms with Gasteiger partial charge in [-0.2, -0.15) is 0 Å². The van der Waals surface area contributed by atoms with Gasteiger partial charge in [0.15, 0.2) is 0 Å². The molecule has 0 bridgehead atoms. The van der Waals surface area contributed by atoms with E-state index in [1.165, 1.54) is 0 Å². The van der Waals surface area contributed by atoms with Crippen molar-refractivity contribution in [1.29, 1.82) is 0 Å². The van der Waals surface area contributed by atoms with E-state index in [0.29, 0.717) is 0 Å². The molecular weight excluding hydrogens is 178 g/mol. The molecule has 80 valence electrons. The number of rotatable bonds is 2. The molecule has 1 amide bonds. The van der Waals surface area contributed by atoms with E-state index in [4.69, 9.17) is 5.73 Å². The highest BCUT2D eigenvalue weighted by Crippen LogP contribution is 2.35. The number of amides is 1. The van der Waals surface area contributed by atoms with Crippen molar-refractivity contribution in [3.05, 3.63) is 0 Å². The van der Waals surface area contributed by atoms with Crippen molar-refractivity contribution < 1.29 is 4.79 Å². The SMILES string of the molecule is NC(=O)C1(N2CCNCC2)CCCC1. The van der Waals surface area contributed by atoms with Gasteiger partial charge >= 0.3 is 0 Å². The first-order valence-electron chi connectivity index (χ1n) is 5.51. The maximum absolute atomic E-state index is 11.6. The minimum absolute atomic E-state index is 0.114. The van der Waals surface area contributed by atoms with Gasteiger partial charge in [-0.15, -0.1) is 0 Å². The van der Waals surface area contributed by atoms with Crippen LogP contribution in [0, 0.1) is 0 Å².